The first-order chi connectivity index (χ1) is 9.11. The minimum atomic E-state index is -4.88. The summed E-state index contributed by atoms with van der Waals surface area (Å²) in [6.45, 7) is 1.10. The highest BCUT2D eigenvalue weighted by atomic mass is 19.4. The van der Waals surface area contributed by atoms with Gasteiger partial charge < -0.3 is 10.6 Å². The van der Waals surface area contributed by atoms with E-state index in [1.807, 2.05) is 0 Å². The average Bonchev–Trinajstić information content (AvgIpc) is 2.28. The van der Waals surface area contributed by atoms with Crippen LogP contribution in [0.2, 0.25) is 0 Å². The Balaban J connectivity index is 3.17. The van der Waals surface area contributed by atoms with E-state index in [1.54, 1.807) is 0 Å². The van der Waals surface area contributed by atoms with Gasteiger partial charge in [-0.3, -0.25) is 9.59 Å². The molecule has 0 unspecified atom stereocenters. The maximum Gasteiger partial charge on any atom is 0.418 e. The average molecular weight is 296 g/mol. The fourth-order valence-electron chi connectivity index (χ4n) is 1.36. The van der Waals surface area contributed by atoms with Crippen molar-refractivity contribution < 1.29 is 31.5 Å². The van der Waals surface area contributed by atoms with Gasteiger partial charge >= 0.3 is 12.6 Å². The second-order valence-electron chi connectivity index (χ2n) is 3.73. The van der Waals surface area contributed by atoms with Crippen LogP contribution in [0.5, 0.6) is 0 Å². The smallest absolute Gasteiger partial charge is 0.326 e. The Hall–Kier alpha value is -2.19. The first kappa shape index (κ1) is 15.9. The van der Waals surface area contributed by atoms with Crippen molar-refractivity contribution in [1.82, 2.24) is 0 Å². The molecule has 0 aliphatic carbocycles. The molecule has 1 aromatic rings. The van der Waals surface area contributed by atoms with Crippen LogP contribution in [0.25, 0.3) is 0 Å². The second kappa shape index (κ2) is 5.85. The highest BCUT2D eigenvalue weighted by molar-refractivity contribution is 5.95. The van der Waals surface area contributed by atoms with Crippen LogP contribution in [-0.4, -0.2) is 18.2 Å². The zero-order valence-electron chi connectivity index (χ0n) is 10.0. The molecule has 2 N–H and O–H groups in total. The van der Waals surface area contributed by atoms with Crippen LogP contribution >= 0.6 is 0 Å². The summed E-state index contributed by atoms with van der Waals surface area (Å²) in [5, 5.41) is 3.60. The Morgan fingerprint density at radius 1 is 1.15 bits per heavy atom. The largest absolute Gasteiger partial charge is 0.418 e. The Morgan fingerprint density at radius 3 is 2.20 bits per heavy atom. The van der Waals surface area contributed by atoms with Crippen molar-refractivity contribution in [2.24, 2.45) is 0 Å². The Kier molecular flexibility index (Phi) is 4.64. The molecule has 0 radical (unpaired) electrons. The third-order valence-electron chi connectivity index (χ3n) is 2.10. The number of carbonyl (C=O) groups is 2. The monoisotopic (exact) mass is 296 g/mol. The number of alkyl halides is 5. The van der Waals surface area contributed by atoms with E-state index in [1.165, 1.54) is 5.32 Å². The van der Waals surface area contributed by atoms with Crippen LogP contribution < -0.4 is 10.6 Å². The molecule has 9 heteroatoms. The fraction of sp³-hybridized carbons (Fsp3) is 0.273. The quantitative estimate of drug-likeness (QED) is 0.843. The molecule has 1 rings (SSSR count). The van der Waals surface area contributed by atoms with Crippen molar-refractivity contribution in [2.45, 2.75) is 19.5 Å². The molecular weight excluding hydrogens is 287 g/mol. The molecule has 0 fully saturated rings. The normalized spacial score (nSPS) is 11.3. The molecule has 0 aliphatic rings. The van der Waals surface area contributed by atoms with Gasteiger partial charge in [-0.1, -0.05) is 0 Å². The van der Waals surface area contributed by atoms with Crippen LogP contribution in [0.15, 0.2) is 18.2 Å². The Morgan fingerprint density at radius 2 is 1.75 bits per heavy atom. The molecule has 20 heavy (non-hydrogen) atoms. The maximum atomic E-state index is 12.8. The molecule has 0 bridgehead atoms. The van der Waals surface area contributed by atoms with Crippen LogP contribution in [0.1, 0.15) is 12.5 Å². The van der Waals surface area contributed by atoms with Crippen molar-refractivity contribution in [3.8, 4) is 0 Å². The SMILES string of the molecule is CC(=O)Nc1ccc(NC(=O)C(F)F)c(C(F)(F)F)c1. The first-order valence-corrected chi connectivity index (χ1v) is 5.19. The highest BCUT2D eigenvalue weighted by Gasteiger charge is 2.35. The summed E-state index contributed by atoms with van der Waals surface area (Å²) in [6, 6.07) is 2.38. The van der Waals surface area contributed by atoms with Crippen LogP contribution in [0, 0.1) is 0 Å². The van der Waals surface area contributed by atoms with E-state index >= 15 is 0 Å². The number of nitrogens with one attached hydrogen (secondary N) is 2. The van der Waals surface area contributed by atoms with E-state index < -0.39 is 35.7 Å². The number of hydrogen-bond donors (Lipinski definition) is 2. The predicted molar refractivity (Wildman–Crippen MR) is 60.4 cm³/mol. The van der Waals surface area contributed by atoms with Crippen molar-refractivity contribution in [3.63, 3.8) is 0 Å². The van der Waals surface area contributed by atoms with Gasteiger partial charge in [0.15, 0.2) is 0 Å². The van der Waals surface area contributed by atoms with Gasteiger partial charge in [-0.25, -0.2) is 0 Å². The summed E-state index contributed by atoms with van der Waals surface area (Å²) in [5.41, 5.74) is -2.31. The lowest BCUT2D eigenvalue weighted by Gasteiger charge is -2.15. The van der Waals surface area contributed by atoms with Gasteiger partial charge in [-0.2, -0.15) is 22.0 Å². The molecule has 0 saturated carbocycles. The standard InChI is InChI=1S/C11H9F5N2O2/c1-5(19)17-6-2-3-8(18-10(20)9(12)13)7(4-6)11(14,15)16/h2-4,9H,1H3,(H,17,19)(H,18,20). The predicted octanol–water partition coefficient (Wildman–Crippen LogP) is 2.87. The molecule has 0 saturated heterocycles. The fourth-order valence-corrected chi connectivity index (χ4v) is 1.36. The van der Waals surface area contributed by atoms with Crippen molar-refractivity contribution in [2.75, 3.05) is 10.6 Å². The molecule has 0 atom stereocenters. The molecule has 2 amide bonds. The highest BCUT2D eigenvalue weighted by Crippen LogP contribution is 2.36. The maximum absolute atomic E-state index is 12.8. The molecule has 1 aromatic carbocycles. The molecule has 4 nitrogen and oxygen atoms in total. The molecule has 0 aliphatic heterocycles. The number of hydrogen-bond acceptors (Lipinski definition) is 2. The van der Waals surface area contributed by atoms with Crippen LogP contribution in [0.4, 0.5) is 33.3 Å². The van der Waals surface area contributed by atoms with Crippen molar-refractivity contribution in [3.05, 3.63) is 23.8 Å². The van der Waals surface area contributed by atoms with Gasteiger partial charge in [-0.05, 0) is 18.2 Å². The third-order valence-corrected chi connectivity index (χ3v) is 2.10. The van der Waals surface area contributed by atoms with E-state index in [-0.39, 0.29) is 5.69 Å². The summed E-state index contributed by atoms with van der Waals surface area (Å²) in [6.07, 6.45) is -8.31. The summed E-state index contributed by atoms with van der Waals surface area (Å²) in [7, 11) is 0. The summed E-state index contributed by atoms with van der Waals surface area (Å²) in [5.74, 6) is -2.44. The van der Waals surface area contributed by atoms with E-state index in [9.17, 15) is 31.5 Å². The number of halogens is 5. The zero-order valence-corrected chi connectivity index (χ0v) is 10.0. The zero-order chi connectivity index (χ0) is 15.5. The van der Waals surface area contributed by atoms with Gasteiger partial charge in [-0.15, -0.1) is 0 Å². The van der Waals surface area contributed by atoms with Gasteiger partial charge in [0, 0.05) is 12.6 Å². The number of rotatable bonds is 3. The van der Waals surface area contributed by atoms with Crippen LogP contribution in [0.3, 0.4) is 0 Å². The lowest BCUT2D eigenvalue weighted by atomic mass is 10.1. The van der Waals surface area contributed by atoms with Gasteiger partial charge in [0.05, 0.1) is 11.3 Å². The molecule has 0 aromatic heterocycles. The third kappa shape index (κ3) is 4.18. The van der Waals surface area contributed by atoms with E-state index in [4.69, 9.17) is 0 Å². The second-order valence-corrected chi connectivity index (χ2v) is 3.73. The number of carbonyl (C=O) groups excluding carboxylic acids is 2. The molecular formula is C11H9F5N2O2. The van der Waals surface area contributed by atoms with Gasteiger partial charge in [0.25, 0.3) is 5.91 Å². The summed E-state index contributed by atoms with van der Waals surface area (Å²) < 4.78 is 62.4. The number of benzene rings is 1. The van der Waals surface area contributed by atoms with Gasteiger partial charge in [0.2, 0.25) is 5.91 Å². The summed E-state index contributed by atoms with van der Waals surface area (Å²) >= 11 is 0. The number of anilines is 2. The van der Waals surface area contributed by atoms with E-state index in [0.717, 1.165) is 19.1 Å². The minimum Gasteiger partial charge on any atom is -0.326 e. The Bertz CT molecular complexity index is 528. The first-order valence-electron chi connectivity index (χ1n) is 5.19. The van der Waals surface area contributed by atoms with Crippen molar-refractivity contribution >= 4 is 23.2 Å². The minimum absolute atomic E-state index is 0.167. The van der Waals surface area contributed by atoms with E-state index in [0.29, 0.717) is 6.07 Å². The molecule has 110 valence electrons. The number of amides is 2. The summed E-state index contributed by atoms with van der Waals surface area (Å²) in [4.78, 5) is 21.5. The topological polar surface area (TPSA) is 58.2 Å². The Labute approximate surface area is 110 Å². The van der Waals surface area contributed by atoms with Crippen LogP contribution in [-0.2, 0) is 15.8 Å². The van der Waals surface area contributed by atoms with Crippen molar-refractivity contribution in [1.29, 1.82) is 0 Å². The molecule has 0 heterocycles. The van der Waals surface area contributed by atoms with Gasteiger partial charge in [0.1, 0.15) is 0 Å². The lowest BCUT2D eigenvalue weighted by molar-refractivity contribution is -0.137. The van der Waals surface area contributed by atoms with E-state index in [2.05, 4.69) is 5.32 Å². The molecule has 0 spiro atoms. The lowest BCUT2D eigenvalue weighted by Crippen LogP contribution is -2.22.